The van der Waals surface area contributed by atoms with Crippen LogP contribution in [0.2, 0.25) is 0 Å². The standard InChI is InChI=1S/C20H28N6O/c1-2-5-16-11-21-14-23-19(16)22-12-17-10-18-13-25(8-4-9-26(18)24-17)20(27)15-6-3-7-15/h10-11,14-15H,2-9,12-13H2,1H3,(H,21,22,23). The van der Waals surface area contributed by atoms with Crippen LogP contribution in [0.25, 0.3) is 0 Å². The number of nitrogens with one attached hydrogen (secondary N) is 1. The Balaban J connectivity index is 1.42. The summed E-state index contributed by atoms with van der Waals surface area (Å²) in [6.45, 7) is 5.17. The van der Waals surface area contributed by atoms with E-state index in [1.807, 2.05) is 11.1 Å². The molecule has 1 aliphatic heterocycles. The van der Waals surface area contributed by atoms with Crippen molar-refractivity contribution in [3.63, 3.8) is 0 Å². The molecule has 1 N–H and O–H groups in total. The molecular weight excluding hydrogens is 340 g/mol. The number of carbonyl (C=O) groups excluding carboxylic acids is 1. The Morgan fingerprint density at radius 3 is 2.96 bits per heavy atom. The molecule has 2 aromatic heterocycles. The van der Waals surface area contributed by atoms with Gasteiger partial charge in [-0.15, -0.1) is 0 Å². The van der Waals surface area contributed by atoms with Crippen molar-refractivity contribution in [1.29, 1.82) is 0 Å². The van der Waals surface area contributed by atoms with E-state index < -0.39 is 0 Å². The van der Waals surface area contributed by atoms with Crippen molar-refractivity contribution >= 4 is 11.7 Å². The number of carbonyl (C=O) groups is 1. The molecule has 7 nitrogen and oxygen atoms in total. The molecule has 1 fully saturated rings. The first-order valence-corrected chi connectivity index (χ1v) is 10.1. The molecule has 3 heterocycles. The molecule has 2 aromatic rings. The molecule has 0 unspecified atom stereocenters. The number of aryl methyl sites for hydroxylation is 2. The van der Waals surface area contributed by atoms with Gasteiger partial charge in [-0.25, -0.2) is 9.97 Å². The zero-order valence-electron chi connectivity index (χ0n) is 16.0. The Morgan fingerprint density at radius 1 is 1.30 bits per heavy atom. The van der Waals surface area contributed by atoms with Gasteiger partial charge in [0.25, 0.3) is 0 Å². The lowest BCUT2D eigenvalue weighted by Crippen LogP contribution is -2.38. The SMILES string of the molecule is CCCc1cncnc1NCc1cc2n(n1)CCCN(C(=O)C1CCC1)C2. The number of anilines is 1. The Hall–Kier alpha value is -2.44. The number of amides is 1. The average molecular weight is 368 g/mol. The maximum absolute atomic E-state index is 12.6. The van der Waals surface area contributed by atoms with Gasteiger partial charge in [0.15, 0.2) is 0 Å². The number of rotatable bonds is 6. The molecule has 1 aliphatic carbocycles. The summed E-state index contributed by atoms with van der Waals surface area (Å²) >= 11 is 0. The maximum Gasteiger partial charge on any atom is 0.226 e. The summed E-state index contributed by atoms with van der Waals surface area (Å²) in [5.74, 6) is 1.48. The first kappa shape index (κ1) is 17.9. The Kier molecular flexibility index (Phi) is 5.36. The Morgan fingerprint density at radius 2 is 2.19 bits per heavy atom. The van der Waals surface area contributed by atoms with Crippen LogP contribution in [0.15, 0.2) is 18.6 Å². The number of hydrogen-bond donors (Lipinski definition) is 1. The second kappa shape index (κ2) is 8.06. The lowest BCUT2D eigenvalue weighted by Gasteiger charge is -2.30. The molecule has 0 radical (unpaired) electrons. The predicted octanol–water partition coefficient (Wildman–Crippen LogP) is 2.77. The molecule has 2 aliphatic rings. The average Bonchev–Trinajstić information content (AvgIpc) is 2.90. The number of nitrogens with zero attached hydrogens (tertiary/aromatic N) is 5. The summed E-state index contributed by atoms with van der Waals surface area (Å²) < 4.78 is 2.07. The van der Waals surface area contributed by atoms with E-state index in [1.54, 1.807) is 6.33 Å². The normalized spacial score (nSPS) is 17.1. The van der Waals surface area contributed by atoms with Crippen molar-refractivity contribution in [1.82, 2.24) is 24.6 Å². The zero-order chi connectivity index (χ0) is 18.6. The van der Waals surface area contributed by atoms with Gasteiger partial charge in [0.1, 0.15) is 12.1 Å². The Labute approximate surface area is 160 Å². The first-order chi connectivity index (χ1) is 13.2. The minimum Gasteiger partial charge on any atom is -0.364 e. The first-order valence-electron chi connectivity index (χ1n) is 10.1. The second-order valence-corrected chi connectivity index (χ2v) is 7.59. The van der Waals surface area contributed by atoms with E-state index >= 15 is 0 Å². The summed E-state index contributed by atoms with van der Waals surface area (Å²) in [5.41, 5.74) is 3.26. The van der Waals surface area contributed by atoms with Crippen LogP contribution in [0.1, 0.15) is 56.0 Å². The quantitative estimate of drug-likeness (QED) is 0.848. The van der Waals surface area contributed by atoms with Crippen molar-refractivity contribution in [3.05, 3.63) is 35.5 Å². The van der Waals surface area contributed by atoms with Gasteiger partial charge in [-0.1, -0.05) is 19.8 Å². The van der Waals surface area contributed by atoms with Crippen LogP contribution >= 0.6 is 0 Å². The summed E-state index contributed by atoms with van der Waals surface area (Å²) in [4.78, 5) is 23.2. The van der Waals surface area contributed by atoms with Crippen LogP contribution in [0, 0.1) is 5.92 Å². The van der Waals surface area contributed by atoms with E-state index in [0.717, 1.165) is 68.0 Å². The fraction of sp³-hybridized carbons (Fsp3) is 0.600. The molecule has 1 amide bonds. The minimum atomic E-state index is 0.260. The van der Waals surface area contributed by atoms with Gasteiger partial charge < -0.3 is 10.2 Å². The summed E-state index contributed by atoms with van der Waals surface area (Å²) in [5, 5.41) is 8.15. The van der Waals surface area contributed by atoms with Gasteiger partial charge >= 0.3 is 0 Å². The van der Waals surface area contributed by atoms with E-state index in [4.69, 9.17) is 5.10 Å². The molecule has 0 bridgehead atoms. The highest BCUT2D eigenvalue weighted by atomic mass is 16.2. The third-order valence-electron chi connectivity index (χ3n) is 5.58. The van der Waals surface area contributed by atoms with Crippen LogP contribution in [0.5, 0.6) is 0 Å². The van der Waals surface area contributed by atoms with Crippen molar-refractivity contribution in [2.75, 3.05) is 11.9 Å². The zero-order valence-corrected chi connectivity index (χ0v) is 16.0. The minimum absolute atomic E-state index is 0.260. The lowest BCUT2D eigenvalue weighted by atomic mass is 9.84. The molecule has 0 atom stereocenters. The fourth-order valence-corrected chi connectivity index (χ4v) is 3.85. The van der Waals surface area contributed by atoms with Crippen LogP contribution in [0.3, 0.4) is 0 Å². The highest BCUT2D eigenvalue weighted by molar-refractivity contribution is 5.79. The van der Waals surface area contributed by atoms with Gasteiger partial charge in [-0.05, 0) is 31.7 Å². The van der Waals surface area contributed by atoms with Gasteiger partial charge in [0.05, 0.1) is 24.5 Å². The van der Waals surface area contributed by atoms with Crippen LogP contribution in [0.4, 0.5) is 5.82 Å². The van der Waals surface area contributed by atoms with Crippen LogP contribution in [-0.4, -0.2) is 37.1 Å². The number of fused-ring (bicyclic) bond motifs is 1. The largest absolute Gasteiger partial charge is 0.364 e. The third kappa shape index (κ3) is 3.96. The van der Waals surface area contributed by atoms with Crippen molar-refractivity contribution in [2.45, 2.75) is 65.1 Å². The van der Waals surface area contributed by atoms with Crippen molar-refractivity contribution in [3.8, 4) is 0 Å². The number of aromatic nitrogens is 4. The highest BCUT2D eigenvalue weighted by Crippen LogP contribution is 2.29. The van der Waals surface area contributed by atoms with Crippen LogP contribution in [-0.2, 0) is 30.8 Å². The molecule has 144 valence electrons. The van der Waals surface area contributed by atoms with Gasteiger partial charge in [0, 0.05) is 30.8 Å². The van der Waals surface area contributed by atoms with E-state index in [-0.39, 0.29) is 5.92 Å². The summed E-state index contributed by atoms with van der Waals surface area (Å²) in [7, 11) is 0. The molecule has 4 rings (SSSR count). The topological polar surface area (TPSA) is 75.9 Å². The molecule has 7 heteroatoms. The highest BCUT2D eigenvalue weighted by Gasteiger charge is 2.30. The van der Waals surface area contributed by atoms with Gasteiger partial charge in [-0.2, -0.15) is 5.10 Å². The third-order valence-corrected chi connectivity index (χ3v) is 5.58. The van der Waals surface area contributed by atoms with E-state index in [2.05, 4.69) is 33.0 Å². The van der Waals surface area contributed by atoms with Gasteiger partial charge in [-0.3, -0.25) is 9.48 Å². The van der Waals surface area contributed by atoms with E-state index in [1.165, 1.54) is 6.42 Å². The second-order valence-electron chi connectivity index (χ2n) is 7.59. The summed E-state index contributed by atoms with van der Waals surface area (Å²) in [6, 6.07) is 2.13. The van der Waals surface area contributed by atoms with E-state index in [9.17, 15) is 4.79 Å². The number of hydrogen-bond acceptors (Lipinski definition) is 5. The van der Waals surface area contributed by atoms with Crippen LogP contribution < -0.4 is 5.32 Å². The summed E-state index contributed by atoms with van der Waals surface area (Å²) in [6.07, 6.45) is 9.75. The van der Waals surface area contributed by atoms with Crippen molar-refractivity contribution in [2.24, 2.45) is 5.92 Å². The predicted molar refractivity (Wildman–Crippen MR) is 103 cm³/mol. The molecule has 0 saturated heterocycles. The maximum atomic E-state index is 12.6. The van der Waals surface area contributed by atoms with Crippen molar-refractivity contribution < 1.29 is 4.79 Å². The molecular formula is C20H28N6O. The molecule has 27 heavy (non-hydrogen) atoms. The lowest BCUT2D eigenvalue weighted by molar-refractivity contribution is -0.138. The van der Waals surface area contributed by atoms with E-state index in [0.29, 0.717) is 19.0 Å². The molecule has 1 saturated carbocycles. The molecule has 0 aromatic carbocycles. The van der Waals surface area contributed by atoms with Gasteiger partial charge in [0.2, 0.25) is 5.91 Å². The smallest absolute Gasteiger partial charge is 0.226 e. The monoisotopic (exact) mass is 368 g/mol. The fourth-order valence-electron chi connectivity index (χ4n) is 3.85. The Bertz CT molecular complexity index is 798. The molecule has 0 spiro atoms.